The maximum absolute atomic E-state index is 12.2. The van der Waals surface area contributed by atoms with Gasteiger partial charge in [-0.1, -0.05) is 0 Å². The summed E-state index contributed by atoms with van der Waals surface area (Å²) < 4.78 is 11.0. The Kier molecular flexibility index (Phi) is 5.33. The molecule has 0 spiro atoms. The number of fused-ring (bicyclic) bond motifs is 1. The van der Waals surface area contributed by atoms with Crippen LogP contribution in [-0.4, -0.2) is 77.2 Å². The molecule has 2 N–H and O–H groups in total. The van der Waals surface area contributed by atoms with Gasteiger partial charge in [0.05, 0.1) is 13.7 Å². The van der Waals surface area contributed by atoms with E-state index in [1.807, 2.05) is 0 Å². The Hall–Kier alpha value is -2.33. The van der Waals surface area contributed by atoms with Gasteiger partial charge in [-0.3, -0.25) is 10.1 Å². The third-order valence-electron chi connectivity index (χ3n) is 4.22. The van der Waals surface area contributed by atoms with Gasteiger partial charge in [0.25, 0.3) is 5.91 Å². The van der Waals surface area contributed by atoms with Crippen molar-refractivity contribution in [3.05, 3.63) is 24.3 Å². The lowest BCUT2D eigenvalue weighted by atomic mass is 10.1. The van der Waals surface area contributed by atoms with Crippen molar-refractivity contribution in [3.63, 3.8) is 0 Å². The molecule has 1 fully saturated rings. The number of methoxy groups -OCH3 is 1. The number of carbonyl (C=O) groups is 2. The van der Waals surface area contributed by atoms with Gasteiger partial charge in [0.2, 0.25) is 0 Å². The van der Waals surface area contributed by atoms with Crippen LogP contribution in [0, 0.1) is 0 Å². The van der Waals surface area contributed by atoms with Crippen molar-refractivity contribution in [2.75, 3.05) is 27.3 Å². The minimum absolute atomic E-state index is 0.0386. The number of hydrogen-bond acceptors (Lipinski definition) is 7. The molecule has 140 valence electrons. The van der Waals surface area contributed by atoms with E-state index in [2.05, 4.69) is 26.2 Å². The molecular weight excluding hydrogens is 408 g/mol. The molecule has 1 aromatic rings. The number of nitrogens with zero attached hydrogens (tertiary/aromatic N) is 3. The van der Waals surface area contributed by atoms with Gasteiger partial charge in [-0.25, -0.2) is 9.79 Å². The molecule has 3 rings (SSSR count). The third kappa shape index (κ3) is 3.61. The van der Waals surface area contributed by atoms with Crippen LogP contribution in [-0.2, 0) is 4.79 Å². The van der Waals surface area contributed by atoms with Crippen molar-refractivity contribution in [2.45, 2.75) is 18.3 Å². The predicted octanol–water partition coefficient (Wildman–Crippen LogP) is 0.378. The first-order valence-corrected chi connectivity index (χ1v) is 8.72. The third-order valence-corrected chi connectivity index (χ3v) is 4.88. The van der Waals surface area contributed by atoms with E-state index in [9.17, 15) is 14.7 Å². The van der Waals surface area contributed by atoms with Crippen molar-refractivity contribution in [1.29, 1.82) is 0 Å². The van der Waals surface area contributed by atoms with Crippen LogP contribution < -0.4 is 14.8 Å². The fraction of sp³-hybridized carbons (Fsp3) is 0.438. The molecular formula is C16H19BrN4O5. The lowest BCUT2D eigenvalue weighted by molar-refractivity contribution is -0.127. The first kappa shape index (κ1) is 18.5. The lowest BCUT2D eigenvalue weighted by Gasteiger charge is -2.36. The fourth-order valence-electron chi connectivity index (χ4n) is 2.83. The van der Waals surface area contributed by atoms with Gasteiger partial charge in [0.1, 0.15) is 24.2 Å². The second kappa shape index (κ2) is 7.50. The van der Waals surface area contributed by atoms with E-state index in [1.54, 1.807) is 43.3 Å². The number of β-amino-alcohol motifs (C(OH)–C–C–N with tert-alkyl or cyclic N) is 1. The Balaban J connectivity index is 1.59. The maximum Gasteiger partial charge on any atom is 0.325 e. The minimum atomic E-state index is -0.866. The number of ether oxygens (including phenoxy) is 2. The Labute approximate surface area is 158 Å². The summed E-state index contributed by atoms with van der Waals surface area (Å²) in [6.07, 6.45) is -1.49. The molecule has 2 aliphatic rings. The van der Waals surface area contributed by atoms with Crippen LogP contribution in [0.25, 0.3) is 0 Å². The maximum atomic E-state index is 12.2. The van der Waals surface area contributed by atoms with Gasteiger partial charge in [-0.2, -0.15) is 0 Å². The number of likely N-dealkylation sites (N-methyl/N-ethyl adjacent to an activating group) is 1. The second-order valence-corrected chi connectivity index (χ2v) is 6.66. The summed E-state index contributed by atoms with van der Waals surface area (Å²) in [6.45, 7) is 0.160. The van der Waals surface area contributed by atoms with Gasteiger partial charge < -0.3 is 24.4 Å². The minimum Gasteiger partial charge on any atom is -0.497 e. The average molecular weight is 427 g/mol. The number of urea groups is 1. The molecule has 2 aliphatic heterocycles. The average Bonchev–Trinajstić information content (AvgIpc) is 2.95. The number of nitrogens with one attached hydrogen (secondary N) is 1. The molecule has 3 amide bonds. The molecule has 2 heterocycles. The van der Waals surface area contributed by atoms with Crippen LogP contribution in [0.1, 0.15) is 0 Å². The number of rotatable bonds is 6. The van der Waals surface area contributed by atoms with Crippen LogP contribution in [0.5, 0.6) is 11.5 Å². The quantitative estimate of drug-likeness (QED) is 0.637. The lowest BCUT2D eigenvalue weighted by Crippen LogP contribution is -2.64. The molecule has 9 nitrogen and oxygen atoms in total. The zero-order valence-electron chi connectivity index (χ0n) is 14.3. The monoisotopic (exact) mass is 426 g/mol. The number of amides is 3. The van der Waals surface area contributed by atoms with E-state index in [4.69, 9.17) is 9.47 Å². The summed E-state index contributed by atoms with van der Waals surface area (Å²) in [6, 6.07) is 5.81. The highest BCUT2D eigenvalue weighted by Crippen LogP contribution is 2.26. The van der Waals surface area contributed by atoms with E-state index in [1.165, 1.54) is 4.90 Å². The SMILES string of the molecule is COc1ccc(OCC(O)CN2C(Br)=NC3C2C(=O)NC(=O)N3C)cc1. The van der Waals surface area contributed by atoms with Crippen LogP contribution in [0.2, 0.25) is 0 Å². The predicted molar refractivity (Wildman–Crippen MR) is 96.4 cm³/mol. The molecule has 3 unspecified atom stereocenters. The molecule has 26 heavy (non-hydrogen) atoms. The van der Waals surface area contributed by atoms with Crippen molar-refractivity contribution in [3.8, 4) is 11.5 Å². The standard InChI is InChI=1S/C16H19BrN4O5/c1-20-13-12(14(23)19-16(20)24)21(15(17)18-13)7-9(22)8-26-11-5-3-10(25-2)4-6-11/h3-6,9,12-13,22H,7-8H2,1-2H3,(H,19,23,24). The van der Waals surface area contributed by atoms with Crippen LogP contribution in [0.15, 0.2) is 29.3 Å². The normalized spacial score (nSPS) is 23.3. The largest absolute Gasteiger partial charge is 0.497 e. The summed E-state index contributed by atoms with van der Waals surface area (Å²) in [5.41, 5.74) is 0. The Morgan fingerprint density at radius 1 is 1.31 bits per heavy atom. The van der Waals surface area contributed by atoms with Crippen molar-refractivity contribution >= 4 is 32.6 Å². The number of benzene rings is 1. The highest BCUT2D eigenvalue weighted by molar-refractivity contribution is 9.18. The van der Waals surface area contributed by atoms with Crippen LogP contribution in [0.3, 0.4) is 0 Å². The van der Waals surface area contributed by atoms with Gasteiger partial charge in [-0.05, 0) is 40.2 Å². The van der Waals surface area contributed by atoms with Crippen molar-refractivity contribution in [2.24, 2.45) is 4.99 Å². The molecule has 0 aliphatic carbocycles. The highest BCUT2D eigenvalue weighted by atomic mass is 79.9. The molecule has 1 aromatic carbocycles. The van der Waals surface area contributed by atoms with Crippen molar-refractivity contribution < 1.29 is 24.2 Å². The molecule has 1 saturated heterocycles. The van der Waals surface area contributed by atoms with E-state index in [-0.39, 0.29) is 13.2 Å². The molecule has 10 heteroatoms. The van der Waals surface area contributed by atoms with Crippen molar-refractivity contribution in [1.82, 2.24) is 15.1 Å². The number of carbonyl (C=O) groups excluding carboxylic acids is 2. The second-order valence-electron chi connectivity index (χ2n) is 5.95. The van der Waals surface area contributed by atoms with Crippen LogP contribution in [0.4, 0.5) is 4.79 Å². The number of aliphatic imine (C=N–C) groups is 1. The number of aliphatic hydroxyl groups excluding tert-OH is 1. The number of halogens is 1. The van der Waals surface area contributed by atoms with E-state index < -0.39 is 30.2 Å². The van der Waals surface area contributed by atoms with E-state index >= 15 is 0 Å². The van der Waals surface area contributed by atoms with Gasteiger partial charge in [-0.15, -0.1) is 0 Å². The summed E-state index contributed by atoms with van der Waals surface area (Å²) in [5, 5.41) is 12.6. The number of imide groups is 1. The van der Waals surface area contributed by atoms with E-state index in [0.717, 1.165) is 0 Å². The Morgan fingerprint density at radius 3 is 2.62 bits per heavy atom. The number of hydrogen-bond donors (Lipinski definition) is 2. The summed E-state index contributed by atoms with van der Waals surface area (Å²) in [4.78, 5) is 31.2. The van der Waals surface area contributed by atoms with Gasteiger partial charge >= 0.3 is 6.03 Å². The number of amidine groups is 1. The summed E-state index contributed by atoms with van der Waals surface area (Å²) in [7, 11) is 3.14. The smallest absolute Gasteiger partial charge is 0.325 e. The zero-order valence-corrected chi connectivity index (χ0v) is 15.8. The summed E-state index contributed by atoms with van der Waals surface area (Å²) in [5.74, 6) is 0.861. The zero-order chi connectivity index (χ0) is 18.8. The summed E-state index contributed by atoms with van der Waals surface area (Å²) >= 11 is 3.30. The molecule has 3 atom stereocenters. The van der Waals surface area contributed by atoms with Gasteiger partial charge in [0, 0.05) is 7.05 Å². The fourth-order valence-corrected chi connectivity index (χ4v) is 3.40. The van der Waals surface area contributed by atoms with Gasteiger partial charge in [0.15, 0.2) is 17.0 Å². The molecule has 0 saturated carbocycles. The van der Waals surface area contributed by atoms with E-state index in [0.29, 0.717) is 16.2 Å². The Morgan fingerprint density at radius 2 is 1.96 bits per heavy atom. The first-order valence-electron chi connectivity index (χ1n) is 7.93. The molecule has 0 aromatic heterocycles. The number of aliphatic hydroxyl groups is 1. The Bertz CT molecular complexity index is 726. The highest BCUT2D eigenvalue weighted by Gasteiger charge is 2.48. The molecule has 0 radical (unpaired) electrons. The molecule has 0 bridgehead atoms. The topological polar surface area (TPSA) is 104 Å². The van der Waals surface area contributed by atoms with Crippen LogP contribution >= 0.6 is 15.9 Å². The first-order chi connectivity index (χ1) is 12.4.